The highest BCUT2D eigenvalue weighted by molar-refractivity contribution is 6.30. The molecule has 0 heterocycles. The second kappa shape index (κ2) is 5.53. The van der Waals surface area contributed by atoms with Crippen molar-refractivity contribution in [2.24, 2.45) is 0 Å². The zero-order valence-electron chi connectivity index (χ0n) is 10.1. The van der Waals surface area contributed by atoms with Gasteiger partial charge in [0.1, 0.15) is 23.1 Å². The van der Waals surface area contributed by atoms with E-state index in [1.807, 2.05) is 0 Å². The number of hydrogen-bond donors (Lipinski definition) is 1. The van der Waals surface area contributed by atoms with Crippen LogP contribution >= 0.6 is 11.6 Å². The highest BCUT2D eigenvalue weighted by Crippen LogP contribution is 2.26. The van der Waals surface area contributed by atoms with Crippen LogP contribution in [0.1, 0.15) is 18.5 Å². The van der Waals surface area contributed by atoms with Crippen LogP contribution in [0.2, 0.25) is 5.02 Å². The number of rotatable bonds is 3. The molecule has 0 saturated heterocycles. The minimum atomic E-state index is -0.693. The standard InChI is InChI=1S/C14H11ClF3N/c1-8(9-5-6-10(15)13(18)7-9)19-14-11(16)3-2-4-12(14)17/h2-8,19H,1H3. The van der Waals surface area contributed by atoms with E-state index in [2.05, 4.69) is 5.32 Å². The number of nitrogens with one attached hydrogen (secondary N) is 1. The van der Waals surface area contributed by atoms with Gasteiger partial charge in [-0.15, -0.1) is 0 Å². The van der Waals surface area contributed by atoms with Crippen LogP contribution in [-0.2, 0) is 0 Å². The van der Waals surface area contributed by atoms with E-state index in [4.69, 9.17) is 11.6 Å². The number of anilines is 1. The summed E-state index contributed by atoms with van der Waals surface area (Å²) in [5.41, 5.74) is 0.315. The summed E-state index contributed by atoms with van der Waals surface area (Å²) in [7, 11) is 0. The largest absolute Gasteiger partial charge is 0.374 e. The summed E-state index contributed by atoms with van der Waals surface area (Å²) in [5, 5.41) is 2.69. The molecule has 100 valence electrons. The number of benzene rings is 2. The first-order valence-electron chi connectivity index (χ1n) is 5.64. The van der Waals surface area contributed by atoms with Crippen molar-refractivity contribution in [3.05, 3.63) is 64.4 Å². The van der Waals surface area contributed by atoms with Gasteiger partial charge in [0.25, 0.3) is 0 Å². The molecule has 0 radical (unpaired) electrons. The van der Waals surface area contributed by atoms with Crippen LogP contribution in [0, 0.1) is 17.5 Å². The van der Waals surface area contributed by atoms with E-state index >= 15 is 0 Å². The lowest BCUT2D eigenvalue weighted by molar-refractivity contribution is 0.584. The predicted molar refractivity (Wildman–Crippen MR) is 69.8 cm³/mol. The zero-order chi connectivity index (χ0) is 14.0. The molecule has 1 N–H and O–H groups in total. The van der Waals surface area contributed by atoms with Gasteiger partial charge >= 0.3 is 0 Å². The van der Waals surface area contributed by atoms with Crippen molar-refractivity contribution in [3.8, 4) is 0 Å². The number of halogens is 4. The molecular weight excluding hydrogens is 275 g/mol. The van der Waals surface area contributed by atoms with Crippen molar-refractivity contribution in [1.82, 2.24) is 0 Å². The maximum atomic E-state index is 13.5. The fourth-order valence-electron chi connectivity index (χ4n) is 1.72. The highest BCUT2D eigenvalue weighted by Gasteiger charge is 2.13. The van der Waals surface area contributed by atoms with Gasteiger partial charge in [0.15, 0.2) is 0 Å². The zero-order valence-corrected chi connectivity index (χ0v) is 10.8. The monoisotopic (exact) mass is 285 g/mol. The SMILES string of the molecule is CC(Nc1c(F)cccc1F)c1ccc(Cl)c(F)c1. The summed E-state index contributed by atoms with van der Waals surface area (Å²) in [4.78, 5) is 0. The van der Waals surface area contributed by atoms with Crippen LogP contribution in [0.4, 0.5) is 18.9 Å². The average molecular weight is 286 g/mol. The smallest absolute Gasteiger partial charge is 0.149 e. The Labute approximate surface area is 114 Å². The van der Waals surface area contributed by atoms with Crippen LogP contribution in [-0.4, -0.2) is 0 Å². The molecule has 0 spiro atoms. The van der Waals surface area contributed by atoms with Gasteiger partial charge in [-0.2, -0.15) is 0 Å². The van der Waals surface area contributed by atoms with E-state index in [-0.39, 0.29) is 10.7 Å². The molecule has 0 bridgehead atoms. The van der Waals surface area contributed by atoms with E-state index in [1.165, 1.54) is 18.2 Å². The third-order valence-corrected chi connectivity index (χ3v) is 3.07. The molecule has 19 heavy (non-hydrogen) atoms. The quantitative estimate of drug-likeness (QED) is 0.843. The highest BCUT2D eigenvalue weighted by atomic mass is 35.5. The summed E-state index contributed by atoms with van der Waals surface area (Å²) >= 11 is 5.58. The molecule has 0 amide bonds. The average Bonchev–Trinajstić information content (AvgIpc) is 2.37. The van der Waals surface area contributed by atoms with Crippen molar-refractivity contribution in [2.45, 2.75) is 13.0 Å². The first kappa shape index (κ1) is 13.7. The van der Waals surface area contributed by atoms with E-state index in [1.54, 1.807) is 13.0 Å². The Balaban J connectivity index is 2.25. The molecule has 1 unspecified atom stereocenters. The Kier molecular flexibility index (Phi) is 4.00. The van der Waals surface area contributed by atoms with E-state index in [0.29, 0.717) is 5.56 Å². The molecule has 0 aliphatic heterocycles. The van der Waals surface area contributed by atoms with E-state index in [9.17, 15) is 13.2 Å². The van der Waals surface area contributed by atoms with Gasteiger partial charge in [-0.3, -0.25) is 0 Å². The van der Waals surface area contributed by atoms with Gasteiger partial charge in [-0.25, -0.2) is 13.2 Å². The van der Waals surface area contributed by atoms with E-state index in [0.717, 1.165) is 12.1 Å². The maximum Gasteiger partial charge on any atom is 0.149 e. The fourth-order valence-corrected chi connectivity index (χ4v) is 1.83. The summed E-state index contributed by atoms with van der Waals surface area (Å²) in [6.07, 6.45) is 0. The third kappa shape index (κ3) is 3.01. The molecule has 2 rings (SSSR count). The Hall–Kier alpha value is -1.68. The van der Waals surface area contributed by atoms with Gasteiger partial charge in [0.05, 0.1) is 5.02 Å². The van der Waals surface area contributed by atoms with Gasteiger partial charge in [-0.05, 0) is 36.8 Å². The molecule has 2 aromatic carbocycles. The third-order valence-electron chi connectivity index (χ3n) is 2.77. The summed E-state index contributed by atoms with van der Waals surface area (Å²) in [5.74, 6) is -1.95. The molecule has 5 heteroatoms. The van der Waals surface area contributed by atoms with Crippen LogP contribution in [0.5, 0.6) is 0 Å². The van der Waals surface area contributed by atoms with Gasteiger partial charge in [-0.1, -0.05) is 23.7 Å². The summed E-state index contributed by atoms with van der Waals surface area (Å²) in [6, 6.07) is 7.37. The van der Waals surface area contributed by atoms with Crippen LogP contribution in [0.25, 0.3) is 0 Å². The minimum absolute atomic E-state index is 0.00743. The second-order valence-corrected chi connectivity index (χ2v) is 4.54. The summed E-state index contributed by atoms with van der Waals surface area (Å²) in [6.45, 7) is 1.68. The minimum Gasteiger partial charge on any atom is -0.374 e. The molecule has 2 aromatic rings. The van der Waals surface area contributed by atoms with Crippen LogP contribution in [0.3, 0.4) is 0 Å². The van der Waals surface area contributed by atoms with Gasteiger partial charge in [0, 0.05) is 6.04 Å². The van der Waals surface area contributed by atoms with Crippen molar-refractivity contribution in [2.75, 3.05) is 5.32 Å². The lowest BCUT2D eigenvalue weighted by atomic mass is 10.1. The maximum absolute atomic E-state index is 13.5. The van der Waals surface area contributed by atoms with Crippen molar-refractivity contribution < 1.29 is 13.2 Å². The van der Waals surface area contributed by atoms with Gasteiger partial charge < -0.3 is 5.32 Å². The predicted octanol–water partition coefficient (Wildman–Crippen LogP) is 4.93. The lowest BCUT2D eigenvalue weighted by Gasteiger charge is -2.17. The van der Waals surface area contributed by atoms with Crippen molar-refractivity contribution in [1.29, 1.82) is 0 Å². The van der Waals surface area contributed by atoms with Crippen LogP contribution in [0.15, 0.2) is 36.4 Å². The Bertz CT molecular complexity index is 581. The number of hydrogen-bond acceptors (Lipinski definition) is 1. The molecule has 1 nitrogen and oxygen atoms in total. The normalized spacial score (nSPS) is 12.3. The molecular formula is C14H11ClF3N. The Morgan fingerprint density at radius 3 is 2.21 bits per heavy atom. The molecule has 0 aromatic heterocycles. The second-order valence-electron chi connectivity index (χ2n) is 4.14. The van der Waals surface area contributed by atoms with E-state index < -0.39 is 23.5 Å². The topological polar surface area (TPSA) is 12.0 Å². The van der Waals surface area contributed by atoms with Crippen molar-refractivity contribution >= 4 is 17.3 Å². The molecule has 0 saturated carbocycles. The first-order valence-corrected chi connectivity index (χ1v) is 6.02. The Morgan fingerprint density at radius 1 is 1.00 bits per heavy atom. The number of para-hydroxylation sites is 1. The molecule has 0 aliphatic carbocycles. The summed E-state index contributed by atoms with van der Waals surface area (Å²) < 4.78 is 40.3. The molecule has 0 fully saturated rings. The fraction of sp³-hybridized carbons (Fsp3) is 0.143. The van der Waals surface area contributed by atoms with Gasteiger partial charge in [0.2, 0.25) is 0 Å². The lowest BCUT2D eigenvalue weighted by Crippen LogP contribution is -2.09. The molecule has 1 atom stereocenters. The van der Waals surface area contributed by atoms with Crippen LogP contribution < -0.4 is 5.32 Å². The molecule has 0 aliphatic rings. The Morgan fingerprint density at radius 2 is 1.63 bits per heavy atom. The van der Waals surface area contributed by atoms with Crippen molar-refractivity contribution in [3.63, 3.8) is 0 Å². The first-order chi connectivity index (χ1) is 8.99.